The molecule has 3 N–H and O–H groups in total. The van der Waals surface area contributed by atoms with Crippen LogP contribution in [0.4, 0.5) is 11.4 Å². The maximum atomic E-state index is 13.1. The minimum atomic E-state index is -3.88. The number of benzene rings is 2. The van der Waals surface area contributed by atoms with E-state index in [9.17, 15) is 13.2 Å². The van der Waals surface area contributed by atoms with Crippen LogP contribution >= 0.6 is 0 Å². The highest BCUT2D eigenvalue weighted by Gasteiger charge is 2.22. The molecule has 0 aromatic heterocycles. The van der Waals surface area contributed by atoms with Crippen LogP contribution in [0.5, 0.6) is 5.75 Å². The molecule has 0 spiro atoms. The van der Waals surface area contributed by atoms with E-state index < -0.39 is 10.0 Å². The molecule has 0 radical (unpaired) electrons. The van der Waals surface area contributed by atoms with Crippen molar-refractivity contribution in [3.05, 3.63) is 48.0 Å². The summed E-state index contributed by atoms with van der Waals surface area (Å²) in [5, 5.41) is 6.12. The Morgan fingerprint density at radius 3 is 2.53 bits per heavy atom. The fourth-order valence-corrected chi connectivity index (χ4v) is 4.36. The highest BCUT2D eigenvalue weighted by atomic mass is 32.2. The molecule has 0 bridgehead atoms. The minimum absolute atomic E-state index is 0.0257. The number of carbonyl (C=O) groups is 1. The van der Waals surface area contributed by atoms with Gasteiger partial charge < -0.3 is 20.3 Å². The number of carbonyl (C=O) groups excluding carboxylic acids is 1. The molecule has 1 aliphatic rings. The lowest BCUT2D eigenvalue weighted by Crippen LogP contribution is -2.43. The first kappa shape index (κ1) is 21.9. The summed E-state index contributed by atoms with van der Waals surface area (Å²) in [5.41, 5.74) is 1.51. The fourth-order valence-electron chi connectivity index (χ4n) is 3.26. The average molecular weight is 433 g/mol. The van der Waals surface area contributed by atoms with Crippen LogP contribution in [0.15, 0.2) is 47.4 Å². The quantitative estimate of drug-likeness (QED) is 0.619. The molecule has 0 aliphatic carbocycles. The van der Waals surface area contributed by atoms with E-state index in [2.05, 4.69) is 20.3 Å². The maximum Gasteiger partial charge on any atom is 0.262 e. The van der Waals surface area contributed by atoms with Gasteiger partial charge in [0.15, 0.2) is 0 Å². The molecule has 2 aromatic carbocycles. The molecule has 1 aliphatic heterocycles. The second-order valence-electron chi connectivity index (χ2n) is 7.38. The van der Waals surface area contributed by atoms with Crippen LogP contribution in [-0.4, -0.2) is 53.7 Å². The van der Waals surface area contributed by atoms with E-state index in [4.69, 9.17) is 4.74 Å². The Kier molecular flexibility index (Phi) is 6.84. The van der Waals surface area contributed by atoms with Crippen molar-refractivity contribution >= 4 is 27.3 Å². The monoisotopic (exact) mass is 432 g/mol. The Bertz CT molecular complexity index is 1000. The Hall–Kier alpha value is -2.78. The van der Waals surface area contributed by atoms with E-state index in [0.29, 0.717) is 17.0 Å². The van der Waals surface area contributed by atoms with E-state index >= 15 is 0 Å². The Labute approximate surface area is 177 Å². The number of amides is 1. The molecule has 1 heterocycles. The van der Waals surface area contributed by atoms with Crippen molar-refractivity contribution in [3.8, 4) is 5.75 Å². The van der Waals surface area contributed by atoms with Crippen LogP contribution in [-0.2, 0) is 10.0 Å². The van der Waals surface area contributed by atoms with E-state index in [1.165, 1.54) is 19.2 Å². The van der Waals surface area contributed by atoms with Crippen molar-refractivity contribution < 1.29 is 17.9 Å². The highest BCUT2D eigenvalue weighted by molar-refractivity contribution is 7.92. The van der Waals surface area contributed by atoms with Gasteiger partial charge in [-0.25, -0.2) is 8.42 Å². The number of nitrogens with one attached hydrogen (secondary N) is 3. The van der Waals surface area contributed by atoms with Gasteiger partial charge >= 0.3 is 0 Å². The third kappa shape index (κ3) is 5.22. The van der Waals surface area contributed by atoms with Gasteiger partial charge in [0, 0.05) is 43.9 Å². The van der Waals surface area contributed by atoms with Crippen LogP contribution in [0.1, 0.15) is 24.2 Å². The Morgan fingerprint density at radius 1 is 1.13 bits per heavy atom. The normalized spacial score (nSPS) is 14.5. The molecular weight excluding hydrogens is 404 g/mol. The zero-order chi connectivity index (χ0) is 21.7. The molecule has 2 aromatic rings. The maximum absolute atomic E-state index is 13.1. The summed E-state index contributed by atoms with van der Waals surface area (Å²) in [5.74, 6) is 0.198. The topological polar surface area (TPSA) is 99.8 Å². The van der Waals surface area contributed by atoms with Crippen LogP contribution in [0, 0.1) is 0 Å². The van der Waals surface area contributed by atoms with Gasteiger partial charge in [0.2, 0.25) is 0 Å². The largest absolute Gasteiger partial charge is 0.497 e. The first-order chi connectivity index (χ1) is 14.3. The number of rotatable bonds is 7. The van der Waals surface area contributed by atoms with Crippen molar-refractivity contribution in [2.24, 2.45) is 0 Å². The molecule has 1 fully saturated rings. The summed E-state index contributed by atoms with van der Waals surface area (Å²) in [4.78, 5) is 14.7. The third-order valence-corrected chi connectivity index (χ3v) is 6.10. The number of hydrogen-bond acceptors (Lipinski definition) is 6. The summed E-state index contributed by atoms with van der Waals surface area (Å²) in [6.45, 7) is 6.84. The number of sulfonamides is 1. The van der Waals surface area contributed by atoms with Crippen LogP contribution in [0.2, 0.25) is 0 Å². The van der Waals surface area contributed by atoms with Crippen molar-refractivity contribution in [1.29, 1.82) is 0 Å². The minimum Gasteiger partial charge on any atom is -0.497 e. The first-order valence-electron chi connectivity index (χ1n) is 9.87. The molecule has 0 unspecified atom stereocenters. The standard InChI is InChI=1S/C21H28N4O4S/c1-15(2)23-21(26)16-7-8-20(25-11-9-22-10-12-25)19(13-16)24-30(27,28)18-6-4-5-17(14-18)29-3/h4-8,13-15,22,24H,9-12H2,1-3H3,(H,23,26). The molecule has 8 nitrogen and oxygen atoms in total. The van der Waals surface area contributed by atoms with Gasteiger partial charge in [-0.15, -0.1) is 0 Å². The molecule has 30 heavy (non-hydrogen) atoms. The van der Waals surface area contributed by atoms with E-state index in [0.717, 1.165) is 31.9 Å². The summed E-state index contributed by atoms with van der Waals surface area (Å²) < 4.78 is 34.0. The van der Waals surface area contributed by atoms with Crippen LogP contribution < -0.4 is 25.0 Å². The summed E-state index contributed by atoms with van der Waals surface area (Å²) in [7, 11) is -2.39. The van der Waals surface area contributed by atoms with E-state index in [1.807, 2.05) is 13.8 Å². The highest BCUT2D eigenvalue weighted by Crippen LogP contribution is 2.30. The predicted octanol–water partition coefficient (Wildman–Crippen LogP) is 2.04. The number of ether oxygens (including phenoxy) is 1. The second kappa shape index (κ2) is 9.36. The van der Waals surface area contributed by atoms with Gasteiger partial charge in [-0.2, -0.15) is 0 Å². The van der Waals surface area contributed by atoms with Crippen LogP contribution in [0.25, 0.3) is 0 Å². The van der Waals surface area contributed by atoms with Crippen molar-refractivity contribution in [2.75, 3.05) is 42.9 Å². The number of hydrogen-bond donors (Lipinski definition) is 3. The second-order valence-corrected chi connectivity index (χ2v) is 9.06. The van der Waals surface area contributed by atoms with E-state index in [1.54, 1.807) is 30.3 Å². The average Bonchev–Trinajstić information content (AvgIpc) is 2.73. The lowest BCUT2D eigenvalue weighted by Gasteiger charge is -2.31. The number of anilines is 2. The Balaban J connectivity index is 1.99. The summed E-state index contributed by atoms with van der Waals surface area (Å²) >= 11 is 0. The predicted molar refractivity (Wildman–Crippen MR) is 118 cm³/mol. The summed E-state index contributed by atoms with van der Waals surface area (Å²) in [6, 6.07) is 11.4. The SMILES string of the molecule is COc1cccc(S(=O)(=O)Nc2cc(C(=O)NC(C)C)ccc2N2CCNCC2)c1. The number of methoxy groups -OCH3 is 1. The number of nitrogens with zero attached hydrogens (tertiary/aromatic N) is 1. The lowest BCUT2D eigenvalue weighted by atomic mass is 10.1. The van der Waals surface area contributed by atoms with Crippen molar-refractivity contribution in [3.63, 3.8) is 0 Å². The molecule has 162 valence electrons. The molecule has 1 amide bonds. The zero-order valence-corrected chi connectivity index (χ0v) is 18.3. The fraction of sp³-hybridized carbons (Fsp3) is 0.381. The van der Waals surface area contributed by atoms with Crippen molar-refractivity contribution in [2.45, 2.75) is 24.8 Å². The smallest absolute Gasteiger partial charge is 0.262 e. The van der Waals surface area contributed by atoms with Crippen LogP contribution in [0.3, 0.4) is 0 Å². The summed E-state index contributed by atoms with van der Waals surface area (Å²) in [6.07, 6.45) is 0. The Morgan fingerprint density at radius 2 is 1.87 bits per heavy atom. The zero-order valence-electron chi connectivity index (χ0n) is 17.4. The molecular formula is C21H28N4O4S. The third-order valence-electron chi connectivity index (χ3n) is 4.73. The molecule has 9 heteroatoms. The lowest BCUT2D eigenvalue weighted by molar-refractivity contribution is 0.0943. The molecule has 0 atom stereocenters. The van der Waals surface area contributed by atoms with Gasteiger partial charge in [-0.05, 0) is 44.2 Å². The van der Waals surface area contributed by atoms with E-state index in [-0.39, 0.29) is 16.8 Å². The van der Waals surface area contributed by atoms with Gasteiger partial charge in [0.1, 0.15) is 5.75 Å². The molecule has 0 saturated carbocycles. The first-order valence-corrected chi connectivity index (χ1v) is 11.4. The number of piperazine rings is 1. The van der Waals surface area contributed by atoms with Crippen molar-refractivity contribution in [1.82, 2.24) is 10.6 Å². The molecule has 1 saturated heterocycles. The van der Waals surface area contributed by atoms with Gasteiger partial charge in [-0.1, -0.05) is 6.07 Å². The van der Waals surface area contributed by atoms with Gasteiger partial charge in [0.05, 0.1) is 23.4 Å². The van der Waals surface area contributed by atoms with Gasteiger partial charge in [-0.3, -0.25) is 9.52 Å². The molecule has 3 rings (SSSR count). The van der Waals surface area contributed by atoms with Gasteiger partial charge in [0.25, 0.3) is 15.9 Å².